The molecule has 0 bridgehead atoms. The molecule has 1 aliphatic heterocycles. The van der Waals surface area contributed by atoms with E-state index < -0.39 is 42.6 Å². The second-order valence-electron chi connectivity index (χ2n) is 5.58. The molecule has 2 aromatic carbocycles. The molecule has 1 heterocycles. The van der Waals surface area contributed by atoms with Crippen molar-refractivity contribution in [1.29, 1.82) is 0 Å². The fourth-order valence-corrected chi connectivity index (χ4v) is 2.27. The number of esters is 1. The standard InChI is InChI=1S/C18H14F2N2O6/c19-11-2-3-12(20)13(6-11)22-16(23)8-26-17(24)7-21-18(25)10-1-4-14-15(5-10)28-9-27-14/h1-6H,7-9H2,(H,21,25)(H,22,23). The van der Waals surface area contributed by atoms with E-state index in [0.717, 1.165) is 18.2 Å². The van der Waals surface area contributed by atoms with Crippen molar-refractivity contribution in [2.75, 3.05) is 25.3 Å². The third kappa shape index (κ3) is 4.72. The smallest absolute Gasteiger partial charge is 0.325 e. The van der Waals surface area contributed by atoms with Gasteiger partial charge in [-0.25, -0.2) is 8.78 Å². The number of halogens is 2. The molecule has 10 heteroatoms. The first-order valence-electron chi connectivity index (χ1n) is 8.01. The molecular formula is C18H14F2N2O6. The van der Waals surface area contributed by atoms with Crippen LogP contribution in [0.1, 0.15) is 10.4 Å². The second kappa shape index (κ2) is 8.33. The Morgan fingerprint density at radius 3 is 2.64 bits per heavy atom. The Balaban J connectivity index is 1.43. The second-order valence-corrected chi connectivity index (χ2v) is 5.58. The molecule has 0 aliphatic carbocycles. The van der Waals surface area contributed by atoms with Gasteiger partial charge in [0.05, 0.1) is 5.69 Å². The van der Waals surface area contributed by atoms with Gasteiger partial charge >= 0.3 is 5.97 Å². The third-order valence-electron chi connectivity index (χ3n) is 3.59. The molecule has 2 N–H and O–H groups in total. The van der Waals surface area contributed by atoms with Crippen LogP contribution in [-0.4, -0.2) is 37.7 Å². The molecule has 2 amide bonds. The van der Waals surface area contributed by atoms with Crippen LogP contribution in [0.5, 0.6) is 11.5 Å². The Bertz CT molecular complexity index is 934. The Labute approximate surface area is 157 Å². The van der Waals surface area contributed by atoms with Gasteiger partial charge in [-0.1, -0.05) is 0 Å². The normalized spacial score (nSPS) is 11.6. The number of ether oxygens (including phenoxy) is 3. The number of amides is 2. The monoisotopic (exact) mass is 392 g/mol. The van der Waals surface area contributed by atoms with E-state index in [1.165, 1.54) is 12.1 Å². The topological polar surface area (TPSA) is 103 Å². The maximum absolute atomic E-state index is 13.4. The van der Waals surface area contributed by atoms with Crippen LogP contribution in [0.3, 0.4) is 0 Å². The number of hydrogen-bond donors (Lipinski definition) is 2. The van der Waals surface area contributed by atoms with Crippen molar-refractivity contribution in [3.63, 3.8) is 0 Å². The number of carbonyl (C=O) groups excluding carboxylic acids is 3. The van der Waals surface area contributed by atoms with Crippen LogP contribution in [0.2, 0.25) is 0 Å². The van der Waals surface area contributed by atoms with Crippen molar-refractivity contribution < 1.29 is 37.4 Å². The molecule has 1 aliphatic rings. The van der Waals surface area contributed by atoms with Crippen molar-refractivity contribution in [3.05, 3.63) is 53.6 Å². The van der Waals surface area contributed by atoms with Gasteiger partial charge in [-0.15, -0.1) is 0 Å². The van der Waals surface area contributed by atoms with Gasteiger partial charge in [0.25, 0.3) is 11.8 Å². The molecular weight excluding hydrogens is 378 g/mol. The van der Waals surface area contributed by atoms with E-state index in [1.807, 2.05) is 0 Å². The minimum absolute atomic E-state index is 0.0638. The lowest BCUT2D eigenvalue weighted by molar-refractivity contribution is -0.146. The lowest BCUT2D eigenvalue weighted by atomic mass is 10.2. The molecule has 2 aromatic rings. The maximum Gasteiger partial charge on any atom is 0.325 e. The van der Waals surface area contributed by atoms with Gasteiger partial charge in [0, 0.05) is 11.6 Å². The number of benzene rings is 2. The minimum Gasteiger partial charge on any atom is -0.454 e. The fourth-order valence-electron chi connectivity index (χ4n) is 2.27. The lowest BCUT2D eigenvalue weighted by Crippen LogP contribution is -2.32. The fraction of sp³-hybridized carbons (Fsp3) is 0.167. The number of anilines is 1. The first-order valence-corrected chi connectivity index (χ1v) is 8.01. The molecule has 28 heavy (non-hydrogen) atoms. The van der Waals surface area contributed by atoms with Crippen LogP contribution in [-0.2, 0) is 14.3 Å². The van der Waals surface area contributed by atoms with Crippen molar-refractivity contribution in [2.24, 2.45) is 0 Å². The van der Waals surface area contributed by atoms with Gasteiger partial charge in [-0.2, -0.15) is 0 Å². The van der Waals surface area contributed by atoms with Gasteiger partial charge < -0.3 is 24.8 Å². The zero-order valence-corrected chi connectivity index (χ0v) is 14.3. The van der Waals surface area contributed by atoms with Crippen molar-refractivity contribution in [2.45, 2.75) is 0 Å². The molecule has 0 radical (unpaired) electrons. The van der Waals surface area contributed by atoms with Gasteiger partial charge in [0.1, 0.15) is 18.2 Å². The SMILES string of the molecule is O=C(COC(=O)CNC(=O)c1ccc2c(c1)OCO2)Nc1cc(F)ccc1F. The molecule has 8 nitrogen and oxygen atoms in total. The highest BCUT2D eigenvalue weighted by Crippen LogP contribution is 2.32. The van der Waals surface area contributed by atoms with E-state index in [0.29, 0.717) is 11.5 Å². The van der Waals surface area contributed by atoms with Crippen LogP contribution < -0.4 is 20.1 Å². The predicted octanol–water partition coefficient (Wildman–Crippen LogP) is 1.61. The highest BCUT2D eigenvalue weighted by molar-refractivity contribution is 5.97. The van der Waals surface area contributed by atoms with E-state index in [2.05, 4.69) is 15.4 Å². The van der Waals surface area contributed by atoms with E-state index in [-0.39, 0.29) is 18.0 Å². The lowest BCUT2D eigenvalue weighted by Gasteiger charge is -2.08. The first-order chi connectivity index (χ1) is 13.4. The third-order valence-corrected chi connectivity index (χ3v) is 3.59. The summed E-state index contributed by atoms with van der Waals surface area (Å²) in [6.07, 6.45) is 0. The molecule has 0 unspecified atom stereocenters. The van der Waals surface area contributed by atoms with Crippen LogP contribution in [0.15, 0.2) is 36.4 Å². The van der Waals surface area contributed by atoms with E-state index in [9.17, 15) is 23.2 Å². The first kappa shape index (κ1) is 19.1. The summed E-state index contributed by atoms with van der Waals surface area (Å²) in [4.78, 5) is 35.3. The number of nitrogens with one attached hydrogen (secondary N) is 2. The summed E-state index contributed by atoms with van der Waals surface area (Å²) in [5, 5.41) is 4.41. The average Bonchev–Trinajstić information content (AvgIpc) is 3.15. The van der Waals surface area contributed by atoms with E-state index in [4.69, 9.17) is 9.47 Å². The van der Waals surface area contributed by atoms with Gasteiger partial charge in [-0.3, -0.25) is 14.4 Å². The van der Waals surface area contributed by atoms with Gasteiger partial charge in [-0.05, 0) is 30.3 Å². The average molecular weight is 392 g/mol. The molecule has 3 rings (SSSR count). The zero-order chi connectivity index (χ0) is 20.1. The summed E-state index contributed by atoms with van der Waals surface area (Å²) in [7, 11) is 0. The maximum atomic E-state index is 13.4. The number of fused-ring (bicyclic) bond motifs is 1. The van der Waals surface area contributed by atoms with Gasteiger partial charge in [0.15, 0.2) is 18.1 Å². The molecule has 0 saturated heterocycles. The largest absolute Gasteiger partial charge is 0.454 e. The molecule has 146 valence electrons. The number of carbonyl (C=O) groups is 3. The quantitative estimate of drug-likeness (QED) is 0.724. The van der Waals surface area contributed by atoms with Crippen molar-refractivity contribution in [3.8, 4) is 11.5 Å². The summed E-state index contributed by atoms with van der Waals surface area (Å²) in [5.41, 5.74) is -0.131. The van der Waals surface area contributed by atoms with Crippen LogP contribution in [0.25, 0.3) is 0 Å². The summed E-state index contributed by atoms with van der Waals surface area (Å²) < 4.78 is 41.4. The molecule has 0 spiro atoms. The molecule has 0 aromatic heterocycles. The highest BCUT2D eigenvalue weighted by Gasteiger charge is 2.17. The Hall–Kier alpha value is -3.69. The van der Waals surface area contributed by atoms with Crippen molar-refractivity contribution in [1.82, 2.24) is 5.32 Å². The summed E-state index contributed by atoms with van der Waals surface area (Å²) in [6, 6.07) is 7.06. The summed E-state index contributed by atoms with van der Waals surface area (Å²) in [6.45, 7) is -1.15. The summed E-state index contributed by atoms with van der Waals surface area (Å²) in [5.74, 6) is -2.95. The Kier molecular flexibility index (Phi) is 5.68. The highest BCUT2D eigenvalue weighted by atomic mass is 19.1. The molecule has 0 fully saturated rings. The van der Waals surface area contributed by atoms with E-state index >= 15 is 0 Å². The molecule has 0 atom stereocenters. The Morgan fingerprint density at radius 1 is 1.04 bits per heavy atom. The Morgan fingerprint density at radius 2 is 1.82 bits per heavy atom. The van der Waals surface area contributed by atoms with Crippen molar-refractivity contribution >= 4 is 23.5 Å². The number of hydrogen-bond acceptors (Lipinski definition) is 6. The predicted molar refractivity (Wildman–Crippen MR) is 90.8 cm³/mol. The summed E-state index contributed by atoms with van der Waals surface area (Å²) >= 11 is 0. The number of rotatable bonds is 6. The zero-order valence-electron chi connectivity index (χ0n) is 14.3. The minimum atomic E-state index is -0.885. The van der Waals surface area contributed by atoms with E-state index in [1.54, 1.807) is 6.07 Å². The van der Waals surface area contributed by atoms with Crippen LogP contribution in [0, 0.1) is 11.6 Å². The van der Waals surface area contributed by atoms with Gasteiger partial charge in [0.2, 0.25) is 6.79 Å². The van der Waals surface area contributed by atoms with Crippen LogP contribution >= 0.6 is 0 Å². The van der Waals surface area contributed by atoms with Crippen LogP contribution in [0.4, 0.5) is 14.5 Å². The molecule has 0 saturated carbocycles.